The Labute approximate surface area is 160 Å². The van der Waals surface area contributed by atoms with Gasteiger partial charge in [-0.25, -0.2) is 0 Å². The molecule has 0 radical (unpaired) electrons. The molecule has 0 aliphatic rings. The first-order chi connectivity index (χ1) is 12.9. The molecule has 0 saturated carbocycles. The number of para-hydroxylation sites is 1. The van der Waals surface area contributed by atoms with E-state index in [1.807, 2.05) is 80.6 Å². The maximum absolute atomic E-state index is 13.4. The summed E-state index contributed by atoms with van der Waals surface area (Å²) >= 11 is 0. The van der Waals surface area contributed by atoms with Crippen LogP contribution in [0.5, 0.6) is 0 Å². The molecule has 0 aliphatic heterocycles. The zero-order chi connectivity index (χ0) is 19.4. The number of nitrogens with one attached hydrogen (secondary N) is 1. The van der Waals surface area contributed by atoms with Gasteiger partial charge in [0.1, 0.15) is 0 Å². The van der Waals surface area contributed by atoms with Crippen molar-refractivity contribution in [1.29, 1.82) is 0 Å². The van der Waals surface area contributed by atoms with E-state index in [1.54, 1.807) is 24.2 Å². The lowest BCUT2D eigenvalue weighted by Crippen LogP contribution is -2.51. The molecule has 27 heavy (non-hydrogen) atoms. The quantitative estimate of drug-likeness (QED) is 0.682. The molecule has 0 atom stereocenters. The molecule has 0 aliphatic carbocycles. The number of amides is 1. The maximum Gasteiger partial charge on any atom is 0.279 e. The number of nitrogens with zero attached hydrogens (tertiary/aromatic N) is 1. The smallest absolute Gasteiger partial charge is 0.279 e. The van der Waals surface area contributed by atoms with E-state index >= 15 is 0 Å². The Balaban J connectivity index is 2.06. The summed E-state index contributed by atoms with van der Waals surface area (Å²) in [4.78, 5) is 13.4. The summed E-state index contributed by atoms with van der Waals surface area (Å²) in [6.07, 6.45) is 0. The van der Waals surface area contributed by atoms with Gasteiger partial charge >= 0.3 is 0 Å². The molecule has 3 aromatic rings. The first kappa shape index (κ1) is 18.7. The molecule has 3 aromatic carbocycles. The van der Waals surface area contributed by atoms with Gasteiger partial charge in [-0.15, -0.1) is 0 Å². The number of anilines is 1. The van der Waals surface area contributed by atoms with E-state index in [9.17, 15) is 9.90 Å². The molecule has 0 fully saturated rings. The van der Waals surface area contributed by atoms with Crippen molar-refractivity contribution in [2.45, 2.75) is 19.4 Å². The normalized spacial score (nSPS) is 11.1. The number of hydrogen-bond donors (Lipinski definition) is 2. The maximum atomic E-state index is 13.4. The highest BCUT2D eigenvalue weighted by Crippen LogP contribution is 2.34. The Morgan fingerprint density at radius 1 is 0.815 bits per heavy atom. The summed E-state index contributed by atoms with van der Waals surface area (Å²) in [5.74, 6) is -0.502. The molecule has 138 valence electrons. The lowest BCUT2D eigenvalue weighted by atomic mass is 9.81. The first-order valence-corrected chi connectivity index (χ1v) is 8.89. The highest BCUT2D eigenvalue weighted by atomic mass is 16.3. The molecule has 1 amide bonds. The minimum Gasteiger partial charge on any atom is -0.372 e. The number of aliphatic hydroxyl groups is 1. The van der Waals surface area contributed by atoms with Gasteiger partial charge in [0.2, 0.25) is 0 Å². The van der Waals surface area contributed by atoms with Gasteiger partial charge in [-0.2, -0.15) is 0 Å². The van der Waals surface area contributed by atoms with E-state index in [0.29, 0.717) is 11.1 Å². The van der Waals surface area contributed by atoms with Gasteiger partial charge < -0.3 is 5.11 Å². The standard InChI is InChI=1S/C23H24N2O2/c1-17-11-7-9-15-20(17)23(27,21-16-10-8-12-18(21)2)22(26)24-25(3)19-13-5-4-6-14-19/h4-16,27H,1-3H3,(H,24,26). The molecule has 4 nitrogen and oxygen atoms in total. The van der Waals surface area contributed by atoms with Crippen molar-refractivity contribution < 1.29 is 9.90 Å². The van der Waals surface area contributed by atoms with Crippen molar-refractivity contribution in [2.24, 2.45) is 0 Å². The van der Waals surface area contributed by atoms with E-state index < -0.39 is 11.5 Å². The summed E-state index contributed by atoms with van der Waals surface area (Å²) in [7, 11) is 1.75. The van der Waals surface area contributed by atoms with Crippen LogP contribution < -0.4 is 10.4 Å². The average molecular weight is 360 g/mol. The first-order valence-electron chi connectivity index (χ1n) is 8.89. The molecule has 0 bridgehead atoms. The lowest BCUT2D eigenvalue weighted by molar-refractivity contribution is -0.136. The average Bonchev–Trinajstić information content (AvgIpc) is 2.68. The van der Waals surface area contributed by atoms with E-state index in [-0.39, 0.29) is 0 Å². The van der Waals surface area contributed by atoms with Gasteiger partial charge in [0, 0.05) is 18.2 Å². The Kier molecular flexibility index (Phi) is 5.28. The third-order valence-electron chi connectivity index (χ3n) is 4.81. The Bertz CT molecular complexity index is 892. The van der Waals surface area contributed by atoms with Crippen LogP contribution in [0.2, 0.25) is 0 Å². The monoisotopic (exact) mass is 360 g/mol. The zero-order valence-electron chi connectivity index (χ0n) is 15.8. The fourth-order valence-corrected chi connectivity index (χ4v) is 3.30. The number of hydrogen-bond acceptors (Lipinski definition) is 3. The second-order valence-electron chi connectivity index (χ2n) is 6.68. The summed E-state index contributed by atoms with van der Waals surface area (Å²) in [5.41, 5.74) is 4.68. The van der Waals surface area contributed by atoms with Crippen molar-refractivity contribution in [3.63, 3.8) is 0 Å². The van der Waals surface area contributed by atoms with Crippen molar-refractivity contribution in [2.75, 3.05) is 12.1 Å². The molecule has 4 heteroatoms. The lowest BCUT2D eigenvalue weighted by Gasteiger charge is -2.33. The fraction of sp³-hybridized carbons (Fsp3) is 0.174. The second kappa shape index (κ2) is 7.64. The molecule has 3 rings (SSSR count). The van der Waals surface area contributed by atoms with Crippen LogP contribution in [0.1, 0.15) is 22.3 Å². The number of carbonyl (C=O) groups excluding carboxylic acids is 1. The summed E-state index contributed by atoms with van der Waals surface area (Å²) in [5, 5.41) is 13.4. The second-order valence-corrected chi connectivity index (χ2v) is 6.68. The minimum absolute atomic E-state index is 0.502. The van der Waals surface area contributed by atoms with Gasteiger partial charge in [0.25, 0.3) is 5.91 Å². The van der Waals surface area contributed by atoms with E-state index in [4.69, 9.17) is 0 Å². The third-order valence-corrected chi connectivity index (χ3v) is 4.81. The molecule has 0 heterocycles. The van der Waals surface area contributed by atoms with Crippen LogP contribution in [0.25, 0.3) is 0 Å². The zero-order valence-corrected chi connectivity index (χ0v) is 15.8. The largest absolute Gasteiger partial charge is 0.372 e. The molecule has 2 N–H and O–H groups in total. The van der Waals surface area contributed by atoms with Crippen molar-refractivity contribution in [3.8, 4) is 0 Å². The van der Waals surface area contributed by atoms with Crippen LogP contribution in [-0.2, 0) is 10.4 Å². The van der Waals surface area contributed by atoms with Gasteiger partial charge in [-0.1, -0.05) is 66.7 Å². The molecule has 0 aromatic heterocycles. The molecular formula is C23H24N2O2. The van der Waals surface area contributed by atoms with Crippen molar-refractivity contribution in [1.82, 2.24) is 5.43 Å². The predicted octanol–water partition coefficient (Wildman–Crippen LogP) is 3.71. The highest BCUT2D eigenvalue weighted by molar-refractivity contribution is 5.91. The molecule has 0 unspecified atom stereocenters. The van der Waals surface area contributed by atoms with Gasteiger partial charge in [0.05, 0.1) is 5.69 Å². The van der Waals surface area contributed by atoms with Crippen LogP contribution >= 0.6 is 0 Å². The van der Waals surface area contributed by atoms with E-state index in [0.717, 1.165) is 16.8 Å². The number of benzene rings is 3. The molecular weight excluding hydrogens is 336 g/mol. The number of carbonyl (C=O) groups is 1. The minimum atomic E-state index is -1.81. The summed E-state index contributed by atoms with van der Waals surface area (Å²) in [6.45, 7) is 3.79. The number of rotatable bonds is 5. The van der Waals surface area contributed by atoms with Crippen LogP contribution in [-0.4, -0.2) is 18.1 Å². The fourth-order valence-electron chi connectivity index (χ4n) is 3.30. The Hall–Kier alpha value is -3.11. The van der Waals surface area contributed by atoms with E-state index in [1.165, 1.54) is 0 Å². The number of aryl methyl sites for hydroxylation is 2. The Morgan fingerprint density at radius 3 is 1.74 bits per heavy atom. The molecule has 0 spiro atoms. The van der Waals surface area contributed by atoms with Crippen LogP contribution in [0, 0.1) is 13.8 Å². The predicted molar refractivity (Wildman–Crippen MR) is 108 cm³/mol. The van der Waals surface area contributed by atoms with Crippen LogP contribution in [0.15, 0.2) is 78.9 Å². The van der Waals surface area contributed by atoms with Gasteiger partial charge in [-0.3, -0.25) is 15.2 Å². The van der Waals surface area contributed by atoms with Gasteiger partial charge in [-0.05, 0) is 37.1 Å². The summed E-state index contributed by atoms with van der Waals surface area (Å²) in [6, 6.07) is 24.3. The SMILES string of the molecule is Cc1ccccc1C(O)(C(=O)NN(C)c1ccccc1)c1ccccc1C. The summed E-state index contributed by atoms with van der Waals surface area (Å²) < 4.78 is 0. The topological polar surface area (TPSA) is 52.6 Å². The van der Waals surface area contributed by atoms with Crippen LogP contribution in [0.3, 0.4) is 0 Å². The molecule has 0 saturated heterocycles. The van der Waals surface area contributed by atoms with Crippen molar-refractivity contribution in [3.05, 3.63) is 101 Å². The Morgan fingerprint density at radius 2 is 1.26 bits per heavy atom. The number of hydrazine groups is 1. The van der Waals surface area contributed by atoms with E-state index in [2.05, 4.69) is 5.43 Å². The highest BCUT2D eigenvalue weighted by Gasteiger charge is 2.42. The third kappa shape index (κ3) is 3.57. The van der Waals surface area contributed by atoms with Crippen LogP contribution in [0.4, 0.5) is 5.69 Å². The van der Waals surface area contributed by atoms with Gasteiger partial charge in [0.15, 0.2) is 5.60 Å². The van der Waals surface area contributed by atoms with Crippen molar-refractivity contribution >= 4 is 11.6 Å².